The Morgan fingerprint density at radius 2 is 2.35 bits per heavy atom. The first kappa shape index (κ1) is 14.2. The van der Waals surface area contributed by atoms with Crippen LogP contribution in [0.25, 0.3) is 0 Å². The third kappa shape index (κ3) is 4.85. The maximum absolute atomic E-state index is 10.6. The van der Waals surface area contributed by atoms with Gasteiger partial charge in [0.15, 0.2) is 0 Å². The van der Waals surface area contributed by atoms with E-state index in [2.05, 4.69) is 5.32 Å². The van der Waals surface area contributed by atoms with Crippen LogP contribution in [0.1, 0.15) is 37.2 Å². The van der Waals surface area contributed by atoms with Gasteiger partial charge in [-0.1, -0.05) is 13.0 Å². The summed E-state index contributed by atoms with van der Waals surface area (Å²) >= 11 is 1.49. The zero-order valence-corrected chi connectivity index (χ0v) is 10.7. The van der Waals surface area contributed by atoms with Crippen molar-refractivity contribution in [1.82, 2.24) is 5.32 Å². The molecule has 4 nitrogen and oxygen atoms in total. The number of carboxylic acids is 1. The first-order valence-electron chi connectivity index (χ1n) is 5.81. The van der Waals surface area contributed by atoms with Gasteiger partial charge in [0.05, 0.1) is 0 Å². The summed E-state index contributed by atoms with van der Waals surface area (Å²) in [5.41, 5.74) is 0. The number of nitrogens with one attached hydrogen (secondary N) is 1. The van der Waals surface area contributed by atoms with Crippen LogP contribution in [0.4, 0.5) is 0 Å². The Morgan fingerprint density at radius 3 is 2.88 bits per heavy atom. The van der Waals surface area contributed by atoms with Crippen LogP contribution in [0.15, 0.2) is 17.5 Å². The van der Waals surface area contributed by atoms with Crippen molar-refractivity contribution < 1.29 is 15.0 Å². The van der Waals surface area contributed by atoms with Crippen molar-refractivity contribution in [3.8, 4) is 0 Å². The summed E-state index contributed by atoms with van der Waals surface area (Å²) in [5, 5.41) is 24.0. The van der Waals surface area contributed by atoms with Crippen LogP contribution in [-0.4, -0.2) is 28.8 Å². The van der Waals surface area contributed by atoms with E-state index in [9.17, 15) is 9.90 Å². The number of carboxylic acid groups (broad SMARTS) is 1. The molecule has 0 saturated heterocycles. The van der Waals surface area contributed by atoms with Crippen molar-refractivity contribution in [1.29, 1.82) is 0 Å². The lowest BCUT2D eigenvalue weighted by Crippen LogP contribution is -2.35. The molecule has 0 aliphatic rings. The zero-order chi connectivity index (χ0) is 12.7. The summed E-state index contributed by atoms with van der Waals surface area (Å²) < 4.78 is 0. The van der Waals surface area contributed by atoms with E-state index in [0.29, 0.717) is 6.42 Å². The molecule has 0 radical (unpaired) electrons. The molecule has 96 valence electrons. The monoisotopic (exact) mass is 257 g/mol. The van der Waals surface area contributed by atoms with Crippen LogP contribution in [0.3, 0.4) is 0 Å². The second-order valence-electron chi connectivity index (χ2n) is 3.95. The van der Waals surface area contributed by atoms with Gasteiger partial charge in [-0.2, -0.15) is 0 Å². The molecule has 3 N–H and O–H groups in total. The Labute approximate surface area is 105 Å². The molecule has 2 atom stereocenters. The molecule has 1 aromatic rings. The van der Waals surface area contributed by atoms with Crippen molar-refractivity contribution in [3.05, 3.63) is 22.4 Å². The number of rotatable bonds is 8. The Bertz CT molecular complexity index is 327. The number of carbonyl (C=O) groups is 1. The largest absolute Gasteiger partial charge is 0.481 e. The molecule has 1 heterocycles. The van der Waals surface area contributed by atoms with Gasteiger partial charge >= 0.3 is 5.97 Å². The lowest BCUT2D eigenvalue weighted by atomic mass is 10.0. The van der Waals surface area contributed by atoms with Crippen molar-refractivity contribution >= 4 is 17.3 Å². The standard InChI is InChI=1S/C12H19NO3S/c1-2-7-13-9(5-6-11(14)15)12(16)10-4-3-8-17-10/h3-4,8-9,12-13,16H,2,5-7H2,1H3,(H,14,15). The van der Waals surface area contributed by atoms with Crippen molar-refractivity contribution in [2.24, 2.45) is 0 Å². The molecule has 0 fully saturated rings. The van der Waals surface area contributed by atoms with Crippen LogP contribution < -0.4 is 5.32 Å². The predicted octanol–water partition coefficient (Wildman–Crippen LogP) is 2.01. The molecule has 0 aromatic carbocycles. The number of aliphatic carboxylic acids is 1. The van der Waals surface area contributed by atoms with Gasteiger partial charge in [0.2, 0.25) is 0 Å². The Morgan fingerprint density at radius 1 is 1.59 bits per heavy atom. The first-order chi connectivity index (χ1) is 8.15. The first-order valence-corrected chi connectivity index (χ1v) is 6.69. The van der Waals surface area contributed by atoms with Crippen LogP contribution in [0.5, 0.6) is 0 Å². The van der Waals surface area contributed by atoms with Gasteiger partial charge < -0.3 is 15.5 Å². The molecule has 0 aliphatic carbocycles. The Balaban J connectivity index is 2.57. The van der Waals surface area contributed by atoms with Gasteiger partial charge in [-0.25, -0.2) is 0 Å². The summed E-state index contributed by atoms with van der Waals surface area (Å²) in [4.78, 5) is 11.5. The summed E-state index contributed by atoms with van der Waals surface area (Å²) in [6.07, 6.45) is 0.847. The molecular formula is C12H19NO3S. The van der Waals surface area contributed by atoms with Gasteiger partial charge in [-0.15, -0.1) is 11.3 Å². The second kappa shape index (κ2) is 7.42. The molecule has 2 unspecified atom stereocenters. The fourth-order valence-electron chi connectivity index (χ4n) is 1.64. The van der Waals surface area contributed by atoms with Crippen molar-refractivity contribution in [2.45, 2.75) is 38.3 Å². The number of thiophene rings is 1. The van der Waals surface area contributed by atoms with E-state index in [4.69, 9.17) is 5.11 Å². The number of aliphatic hydroxyl groups is 1. The highest BCUT2D eigenvalue weighted by atomic mass is 32.1. The van der Waals surface area contributed by atoms with Gasteiger partial charge in [-0.3, -0.25) is 4.79 Å². The Kier molecular flexibility index (Phi) is 6.18. The molecule has 0 bridgehead atoms. The normalized spacial score (nSPS) is 14.5. The summed E-state index contributed by atoms with van der Waals surface area (Å²) in [6, 6.07) is 3.57. The molecule has 1 aromatic heterocycles. The molecule has 0 aliphatic heterocycles. The van der Waals surface area contributed by atoms with Crippen LogP contribution in [0.2, 0.25) is 0 Å². The lowest BCUT2D eigenvalue weighted by Gasteiger charge is -2.22. The van der Waals surface area contributed by atoms with E-state index in [1.807, 2.05) is 24.4 Å². The highest BCUT2D eigenvalue weighted by Gasteiger charge is 2.21. The molecule has 0 spiro atoms. The van der Waals surface area contributed by atoms with Gasteiger partial charge in [-0.05, 0) is 30.8 Å². The topological polar surface area (TPSA) is 69.6 Å². The van der Waals surface area contributed by atoms with Crippen molar-refractivity contribution in [2.75, 3.05) is 6.54 Å². The number of hydrogen-bond acceptors (Lipinski definition) is 4. The van der Waals surface area contributed by atoms with E-state index < -0.39 is 12.1 Å². The average Bonchev–Trinajstić information content (AvgIpc) is 2.81. The smallest absolute Gasteiger partial charge is 0.303 e. The van der Waals surface area contributed by atoms with Gasteiger partial charge in [0, 0.05) is 17.3 Å². The van der Waals surface area contributed by atoms with Crippen molar-refractivity contribution in [3.63, 3.8) is 0 Å². The molecule has 0 amide bonds. The molecule has 17 heavy (non-hydrogen) atoms. The summed E-state index contributed by atoms with van der Waals surface area (Å²) in [6.45, 7) is 2.82. The van der Waals surface area contributed by atoms with Gasteiger partial charge in [0.1, 0.15) is 6.10 Å². The van der Waals surface area contributed by atoms with Crippen LogP contribution >= 0.6 is 11.3 Å². The minimum absolute atomic E-state index is 0.0732. The molecule has 1 rings (SSSR count). The maximum atomic E-state index is 10.6. The quantitative estimate of drug-likeness (QED) is 0.666. The minimum Gasteiger partial charge on any atom is -0.481 e. The van der Waals surface area contributed by atoms with E-state index in [0.717, 1.165) is 17.8 Å². The third-order valence-electron chi connectivity index (χ3n) is 2.54. The SMILES string of the molecule is CCCNC(CCC(=O)O)C(O)c1cccs1. The highest BCUT2D eigenvalue weighted by molar-refractivity contribution is 7.10. The van der Waals surface area contributed by atoms with E-state index >= 15 is 0 Å². The molecule has 5 heteroatoms. The fraction of sp³-hybridized carbons (Fsp3) is 0.583. The predicted molar refractivity (Wildman–Crippen MR) is 68.2 cm³/mol. The highest BCUT2D eigenvalue weighted by Crippen LogP contribution is 2.24. The van der Waals surface area contributed by atoms with E-state index in [-0.39, 0.29) is 12.5 Å². The molecular weight excluding hydrogens is 238 g/mol. The summed E-state index contributed by atoms with van der Waals surface area (Å²) in [7, 11) is 0. The zero-order valence-electron chi connectivity index (χ0n) is 9.93. The second-order valence-corrected chi connectivity index (χ2v) is 4.93. The van der Waals surface area contributed by atoms with Gasteiger partial charge in [0.25, 0.3) is 0 Å². The average molecular weight is 257 g/mol. The lowest BCUT2D eigenvalue weighted by molar-refractivity contribution is -0.137. The number of hydrogen-bond donors (Lipinski definition) is 3. The van der Waals surface area contributed by atoms with Crippen LogP contribution in [-0.2, 0) is 4.79 Å². The van der Waals surface area contributed by atoms with E-state index in [1.54, 1.807) is 0 Å². The van der Waals surface area contributed by atoms with Crippen LogP contribution in [0, 0.1) is 0 Å². The number of aliphatic hydroxyl groups excluding tert-OH is 1. The minimum atomic E-state index is -0.827. The molecule has 0 saturated carbocycles. The Hall–Kier alpha value is -0.910. The summed E-state index contributed by atoms with van der Waals surface area (Å²) in [5.74, 6) is -0.827. The maximum Gasteiger partial charge on any atom is 0.303 e. The third-order valence-corrected chi connectivity index (χ3v) is 3.48. The van der Waals surface area contributed by atoms with E-state index in [1.165, 1.54) is 11.3 Å². The fourth-order valence-corrected chi connectivity index (χ4v) is 2.41.